The lowest BCUT2D eigenvalue weighted by Crippen LogP contribution is -2.53. The third kappa shape index (κ3) is 6.97. The Morgan fingerprint density at radius 2 is 1.41 bits per heavy atom. The lowest BCUT2D eigenvalue weighted by Gasteiger charge is -2.33. The number of halogens is 2. The summed E-state index contributed by atoms with van der Waals surface area (Å²) in [4.78, 5) is 27.5. The molecule has 29 heavy (non-hydrogen) atoms. The highest BCUT2D eigenvalue weighted by Gasteiger charge is 2.30. The minimum atomic E-state index is -0.674. The Labute approximate surface area is 170 Å². The zero-order chi connectivity index (χ0) is 21.6. The van der Waals surface area contributed by atoms with E-state index < -0.39 is 11.6 Å². The van der Waals surface area contributed by atoms with Crippen LogP contribution < -0.4 is 5.32 Å². The first-order valence-electron chi connectivity index (χ1n) is 9.69. The van der Waals surface area contributed by atoms with Gasteiger partial charge in [-0.05, 0) is 62.6 Å². The van der Waals surface area contributed by atoms with Crippen molar-refractivity contribution in [2.75, 3.05) is 0 Å². The molecule has 1 N–H and O–H groups in total. The quantitative estimate of drug-likeness (QED) is 0.754. The molecule has 0 fully saturated rings. The molecule has 2 amide bonds. The van der Waals surface area contributed by atoms with Gasteiger partial charge in [0.1, 0.15) is 17.7 Å². The molecule has 156 valence electrons. The molecule has 1 unspecified atom stereocenters. The summed E-state index contributed by atoms with van der Waals surface area (Å²) < 4.78 is 26.4. The van der Waals surface area contributed by atoms with Crippen molar-refractivity contribution < 1.29 is 18.4 Å². The average Bonchev–Trinajstić information content (AvgIpc) is 2.63. The molecule has 2 aromatic carbocycles. The van der Waals surface area contributed by atoms with Gasteiger partial charge >= 0.3 is 0 Å². The van der Waals surface area contributed by atoms with Crippen LogP contribution in [-0.2, 0) is 22.6 Å². The first kappa shape index (κ1) is 22.5. The van der Waals surface area contributed by atoms with Gasteiger partial charge in [-0.25, -0.2) is 8.78 Å². The van der Waals surface area contributed by atoms with Gasteiger partial charge in [-0.2, -0.15) is 0 Å². The van der Waals surface area contributed by atoms with Crippen molar-refractivity contribution in [2.24, 2.45) is 0 Å². The van der Waals surface area contributed by atoms with Crippen LogP contribution in [0.1, 0.15) is 45.2 Å². The highest BCUT2D eigenvalue weighted by Crippen LogP contribution is 2.16. The van der Waals surface area contributed by atoms with Crippen molar-refractivity contribution in [3.8, 4) is 0 Å². The molecule has 0 aromatic heterocycles. The first-order chi connectivity index (χ1) is 13.6. The van der Waals surface area contributed by atoms with Gasteiger partial charge in [-0.3, -0.25) is 9.59 Å². The van der Waals surface area contributed by atoms with Crippen molar-refractivity contribution >= 4 is 11.8 Å². The summed E-state index contributed by atoms with van der Waals surface area (Å²) in [6.45, 7) is 7.65. The maximum Gasteiger partial charge on any atom is 0.243 e. The summed E-state index contributed by atoms with van der Waals surface area (Å²) in [6.07, 6.45) is 0.471. The largest absolute Gasteiger partial charge is 0.350 e. The number of nitrogens with zero attached hydrogens (tertiary/aromatic N) is 1. The van der Waals surface area contributed by atoms with E-state index in [0.717, 1.165) is 5.56 Å². The molecular formula is C23H28F2N2O2. The number of hydrogen-bond acceptors (Lipinski definition) is 2. The van der Waals surface area contributed by atoms with Gasteiger partial charge < -0.3 is 10.2 Å². The summed E-state index contributed by atoms with van der Waals surface area (Å²) in [5.74, 6) is -1.23. The topological polar surface area (TPSA) is 49.4 Å². The number of carbonyl (C=O) groups is 2. The molecule has 0 spiro atoms. The van der Waals surface area contributed by atoms with Crippen LogP contribution in [0.15, 0.2) is 48.5 Å². The third-order valence-electron chi connectivity index (χ3n) is 4.42. The Morgan fingerprint density at radius 3 is 1.86 bits per heavy atom. The summed E-state index contributed by atoms with van der Waals surface area (Å²) in [5.41, 5.74) is 0.943. The van der Waals surface area contributed by atoms with Crippen molar-refractivity contribution in [1.82, 2.24) is 10.2 Å². The summed E-state index contributed by atoms with van der Waals surface area (Å²) in [7, 11) is 0. The molecule has 0 saturated carbocycles. The van der Waals surface area contributed by atoms with Crippen LogP contribution >= 0.6 is 0 Å². The third-order valence-corrected chi connectivity index (χ3v) is 4.42. The smallest absolute Gasteiger partial charge is 0.243 e. The van der Waals surface area contributed by atoms with E-state index in [1.165, 1.54) is 29.2 Å². The Kier molecular flexibility index (Phi) is 7.48. The molecule has 2 rings (SSSR count). The number of carbonyl (C=O) groups excluding carboxylic acids is 2. The molecular weight excluding hydrogens is 374 g/mol. The van der Waals surface area contributed by atoms with Gasteiger partial charge in [0.05, 0.1) is 6.42 Å². The lowest BCUT2D eigenvalue weighted by atomic mass is 10.0. The molecule has 0 radical (unpaired) electrons. The maximum atomic E-state index is 13.3. The lowest BCUT2D eigenvalue weighted by molar-refractivity contribution is -0.141. The van der Waals surface area contributed by atoms with Crippen molar-refractivity contribution in [3.63, 3.8) is 0 Å². The number of amides is 2. The van der Waals surface area contributed by atoms with Crippen molar-refractivity contribution in [2.45, 2.75) is 58.7 Å². The maximum absolute atomic E-state index is 13.3. The van der Waals surface area contributed by atoms with Gasteiger partial charge in [0, 0.05) is 12.1 Å². The molecule has 0 aliphatic carbocycles. The van der Waals surface area contributed by atoms with Crippen molar-refractivity contribution in [1.29, 1.82) is 0 Å². The molecule has 6 heteroatoms. The molecule has 1 atom stereocenters. The van der Waals surface area contributed by atoms with Crippen molar-refractivity contribution in [3.05, 3.63) is 71.3 Å². The van der Waals surface area contributed by atoms with Gasteiger partial charge in [0.15, 0.2) is 0 Å². The van der Waals surface area contributed by atoms with Gasteiger partial charge in [0.25, 0.3) is 0 Å². The molecule has 0 bridgehead atoms. The zero-order valence-corrected chi connectivity index (χ0v) is 17.3. The highest BCUT2D eigenvalue weighted by molar-refractivity contribution is 5.88. The fourth-order valence-corrected chi connectivity index (χ4v) is 3.04. The number of rotatable bonds is 7. The first-order valence-corrected chi connectivity index (χ1v) is 9.69. The van der Waals surface area contributed by atoms with E-state index in [2.05, 4.69) is 5.32 Å². The monoisotopic (exact) mass is 402 g/mol. The summed E-state index contributed by atoms with van der Waals surface area (Å²) >= 11 is 0. The van der Waals surface area contributed by atoms with Crippen LogP contribution in [0.3, 0.4) is 0 Å². The standard InChI is InChI=1S/C23H28F2N2O2/c1-5-20(22(29)26-23(2,3)4)27(15-17-8-12-19(25)13-9-17)21(28)14-16-6-10-18(24)11-7-16/h6-13,20H,5,14-15H2,1-4H3,(H,26,29). The molecule has 4 nitrogen and oxygen atoms in total. The predicted octanol–water partition coefficient (Wildman–Crippen LogP) is 4.23. The average molecular weight is 402 g/mol. The van der Waals surface area contributed by atoms with E-state index in [9.17, 15) is 18.4 Å². The fourth-order valence-electron chi connectivity index (χ4n) is 3.04. The van der Waals surface area contributed by atoms with Gasteiger partial charge in [-0.1, -0.05) is 31.2 Å². The molecule has 0 saturated heterocycles. The highest BCUT2D eigenvalue weighted by atomic mass is 19.1. The Hall–Kier alpha value is -2.76. The Balaban J connectivity index is 2.29. The Morgan fingerprint density at radius 1 is 0.931 bits per heavy atom. The number of benzene rings is 2. The molecule has 0 aliphatic rings. The zero-order valence-electron chi connectivity index (χ0n) is 17.3. The van der Waals surface area contributed by atoms with E-state index in [0.29, 0.717) is 12.0 Å². The van der Waals surface area contributed by atoms with E-state index in [1.807, 2.05) is 27.7 Å². The second-order valence-electron chi connectivity index (χ2n) is 8.11. The number of hydrogen-bond donors (Lipinski definition) is 1. The second kappa shape index (κ2) is 9.63. The summed E-state index contributed by atoms with van der Waals surface area (Å²) in [5, 5.41) is 2.93. The van der Waals surface area contributed by atoms with Crippen LogP contribution in [0.5, 0.6) is 0 Å². The minimum Gasteiger partial charge on any atom is -0.350 e. The minimum absolute atomic E-state index is 0.0424. The molecule has 0 heterocycles. The van der Waals surface area contributed by atoms with Crippen LogP contribution in [0.25, 0.3) is 0 Å². The van der Waals surface area contributed by atoms with Crippen LogP contribution in [0.2, 0.25) is 0 Å². The SMILES string of the molecule is CCC(C(=O)NC(C)(C)C)N(Cc1ccc(F)cc1)C(=O)Cc1ccc(F)cc1. The van der Waals surface area contributed by atoms with E-state index in [4.69, 9.17) is 0 Å². The normalized spacial score (nSPS) is 12.3. The van der Waals surface area contributed by atoms with Crippen LogP contribution in [-0.4, -0.2) is 28.3 Å². The van der Waals surface area contributed by atoms with Gasteiger partial charge in [0.2, 0.25) is 11.8 Å². The van der Waals surface area contributed by atoms with E-state index >= 15 is 0 Å². The second-order valence-corrected chi connectivity index (χ2v) is 8.11. The summed E-state index contributed by atoms with van der Waals surface area (Å²) in [6, 6.07) is 10.9. The van der Waals surface area contributed by atoms with Crippen LogP contribution in [0.4, 0.5) is 8.78 Å². The predicted molar refractivity (Wildman–Crippen MR) is 109 cm³/mol. The van der Waals surface area contributed by atoms with Gasteiger partial charge in [-0.15, -0.1) is 0 Å². The molecule has 0 aliphatic heterocycles. The number of nitrogens with one attached hydrogen (secondary N) is 1. The fraction of sp³-hybridized carbons (Fsp3) is 0.391. The molecule has 2 aromatic rings. The van der Waals surface area contributed by atoms with Crippen LogP contribution in [0, 0.1) is 11.6 Å². The van der Waals surface area contributed by atoms with E-state index in [-0.39, 0.29) is 36.4 Å². The van der Waals surface area contributed by atoms with E-state index in [1.54, 1.807) is 24.3 Å². The Bertz CT molecular complexity index is 827.